The van der Waals surface area contributed by atoms with Crippen LogP contribution in [0.15, 0.2) is 53.1 Å². The van der Waals surface area contributed by atoms with Crippen LogP contribution in [0.4, 0.5) is 22.0 Å². The third-order valence-electron chi connectivity index (χ3n) is 4.45. The molecule has 1 aromatic heterocycles. The Labute approximate surface area is 191 Å². The second kappa shape index (κ2) is 11.0. The summed E-state index contributed by atoms with van der Waals surface area (Å²) in [6.45, 7) is -2.73. The molecule has 0 saturated carbocycles. The van der Waals surface area contributed by atoms with E-state index in [4.69, 9.17) is 9.15 Å². The molecule has 182 valence electrons. The number of rotatable bonds is 11. The summed E-state index contributed by atoms with van der Waals surface area (Å²) < 4.78 is 82.4. The van der Waals surface area contributed by atoms with Crippen LogP contribution in [0, 0.1) is 0 Å². The van der Waals surface area contributed by atoms with Crippen molar-refractivity contribution in [2.45, 2.75) is 32.6 Å². The standard InChI is InChI=1S/C23H20F5NO5/c1-2-31-18-6-4-3-5-16(18)17(30)9-8-15-12-32-21(29-15)14-7-10-19(34-22(24)25)20(11-14)33-13-23(26,27)28/h3-7,10-12,22H,2,8-9,13H2,1H3. The van der Waals surface area contributed by atoms with Crippen LogP contribution in [0.25, 0.3) is 11.5 Å². The van der Waals surface area contributed by atoms with E-state index >= 15 is 0 Å². The number of aryl methyl sites for hydroxylation is 1. The van der Waals surface area contributed by atoms with Gasteiger partial charge >= 0.3 is 12.8 Å². The molecule has 3 rings (SSSR count). The Bertz CT molecular complexity index is 1110. The summed E-state index contributed by atoms with van der Waals surface area (Å²) in [7, 11) is 0. The van der Waals surface area contributed by atoms with Gasteiger partial charge in [-0.3, -0.25) is 4.79 Å². The van der Waals surface area contributed by atoms with Crippen LogP contribution in [0.2, 0.25) is 0 Å². The van der Waals surface area contributed by atoms with Crippen molar-refractivity contribution in [3.63, 3.8) is 0 Å². The zero-order valence-corrected chi connectivity index (χ0v) is 17.9. The van der Waals surface area contributed by atoms with Crippen molar-refractivity contribution >= 4 is 5.78 Å². The number of oxazole rings is 1. The topological polar surface area (TPSA) is 70.8 Å². The zero-order valence-electron chi connectivity index (χ0n) is 17.9. The highest BCUT2D eigenvalue weighted by molar-refractivity contribution is 5.98. The Morgan fingerprint density at radius 1 is 1.06 bits per heavy atom. The Morgan fingerprint density at radius 3 is 2.53 bits per heavy atom. The van der Waals surface area contributed by atoms with Gasteiger partial charge in [-0.1, -0.05) is 12.1 Å². The van der Waals surface area contributed by atoms with Gasteiger partial charge in [0.25, 0.3) is 0 Å². The third kappa shape index (κ3) is 6.93. The number of hydrogen-bond donors (Lipinski definition) is 0. The quantitative estimate of drug-likeness (QED) is 0.242. The Hall–Kier alpha value is -3.63. The van der Waals surface area contributed by atoms with Crippen molar-refractivity contribution in [2.75, 3.05) is 13.2 Å². The van der Waals surface area contributed by atoms with Crippen LogP contribution in [0.3, 0.4) is 0 Å². The van der Waals surface area contributed by atoms with E-state index in [0.29, 0.717) is 23.6 Å². The number of aromatic nitrogens is 1. The molecule has 1 heterocycles. The largest absolute Gasteiger partial charge is 0.493 e. The number of alkyl halides is 5. The number of para-hydroxylation sites is 1. The Kier molecular flexibility index (Phi) is 8.08. The Balaban J connectivity index is 1.73. The number of Topliss-reactive ketones (excluding diaryl/α,β-unsaturated/α-hetero) is 1. The summed E-state index contributed by atoms with van der Waals surface area (Å²) in [5, 5.41) is 0. The number of carbonyl (C=O) groups is 1. The summed E-state index contributed by atoms with van der Waals surface area (Å²) >= 11 is 0. The fourth-order valence-electron chi connectivity index (χ4n) is 3.02. The van der Waals surface area contributed by atoms with Gasteiger partial charge < -0.3 is 18.6 Å². The third-order valence-corrected chi connectivity index (χ3v) is 4.45. The van der Waals surface area contributed by atoms with Gasteiger partial charge in [-0.05, 0) is 37.3 Å². The van der Waals surface area contributed by atoms with Gasteiger partial charge in [0.15, 0.2) is 23.9 Å². The van der Waals surface area contributed by atoms with Crippen molar-refractivity contribution in [1.29, 1.82) is 0 Å². The second-order valence-corrected chi connectivity index (χ2v) is 6.94. The molecule has 6 nitrogen and oxygen atoms in total. The average molecular weight is 485 g/mol. The maximum absolute atomic E-state index is 12.6. The van der Waals surface area contributed by atoms with Crippen molar-refractivity contribution in [1.82, 2.24) is 4.98 Å². The van der Waals surface area contributed by atoms with Gasteiger partial charge in [0.05, 0.1) is 17.9 Å². The summed E-state index contributed by atoms with van der Waals surface area (Å²) in [6.07, 6.45) is -3.04. The number of carbonyl (C=O) groups excluding carboxylic acids is 1. The van der Waals surface area contributed by atoms with Crippen LogP contribution in [-0.4, -0.2) is 36.8 Å². The minimum absolute atomic E-state index is 0.0117. The van der Waals surface area contributed by atoms with Crippen LogP contribution >= 0.6 is 0 Å². The van der Waals surface area contributed by atoms with E-state index in [1.54, 1.807) is 24.3 Å². The van der Waals surface area contributed by atoms with Crippen LogP contribution in [0.1, 0.15) is 29.4 Å². The maximum Gasteiger partial charge on any atom is 0.422 e. The minimum Gasteiger partial charge on any atom is -0.493 e. The van der Waals surface area contributed by atoms with E-state index in [1.165, 1.54) is 12.3 Å². The molecule has 0 spiro atoms. The molecule has 0 radical (unpaired) electrons. The number of ketones is 1. The lowest BCUT2D eigenvalue weighted by molar-refractivity contribution is -0.154. The first-order valence-electron chi connectivity index (χ1n) is 10.1. The number of halogens is 5. The van der Waals surface area contributed by atoms with Crippen molar-refractivity contribution in [3.05, 3.63) is 60.0 Å². The van der Waals surface area contributed by atoms with E-state index < -0.39 is 30.9 Å². The van der Waals surface area contributed by atoms with E-state index in [9.17, 15) is 26.7 Å². The average Bonchev–Trinajstić information content (AvgIpc) is 3.25. The van der Waals surface area contributed by atoms with Crippen LogP contribution in [0.5, 0.6) is 17.2 Å². The molecule has 0 N–H and O–H groups in total. The molecule has 2 aromatic carbocycles. The fourth-order valence-corrected chi connectivity index (χ4v) is 3.02. The van der Waals surface area contributed by atoms with E-state index in [2.05, 4.69) is 14.5 Å². The summed E-state index contributed by atoms with van der Waals surface area (Å²) in [5.41, 5.74) is 1.04. The van der Waals surface area contributed by atoms with Gasteiger partial charge in [0, 0.05) is 18.4 Å². The van der Waals surface area contributed by atoms with Crippen molar-refractivity contribution in [3.8, 4) is 28.7 Å². The SMILES string of the molecule is CCOc1ccccc1C(=O)CCc1coc(-c2ccc(OC(F)F)c(OCC(F)(F)F)c2)n1. The zero-order chi connectivity index (χ0) is 24.7. The molecule has 0 aliphatic rings. The molecule has 0 bridgehead atoms. The molecule has 0 aliphatic carbocycles. The first-order valence-corrected chi connectivity index (χ1v) is 10.1. The number of hydrogen-bond acceptors (Lipinski definition) is 6. The fraction of sp³-hybridized carbons (Fsp3) is 0.304. The summed E-state index contributed by atoms with van der Waals surface area (Å²) in [4.78, 5) is 16.8. The maximum atomic E-state index is 12.6. The molecule has 0 atom stereocenters. The molecule has 0 aliphatic heterocycles. The molecule has 0 amide bonds. The van der Waals surface area contributed by atoms with Gasteiger partial charge in [0.2, 0.25) is 5.89 Å². The summed E-state index contributed by atoms with van der Waals surface area (Å²) in [6, 6.07) is 10.2. The highest BCUT2D eigenvalue weighted by Gasteiger charge is 2.29. The highest BCUT2D eigenvalue weighted by atomic mass is 19.4. The number of benzene rings is 2. The molecule has 0 saturated heterocycles. The molecular weight excluding hydrogens is 465 g/mol. The van der Waals surface area contributed by atoms with Crippen molar-refractivity contribution < 1.29 is 45.4 Å². The molecule has 0 unspecified atom stereocenters. The number of nitrogens with zero attached hydrogens (tertiary/aromatic N) is 1. The molecular formula is C23H20F5NO5. The first kappa shape index (κ1) is 25.0. The van der Waals surface area contributed by atoms with Gasteiger partial charge in [-0.15, -0.1) is 0 Å². The molecule has 11 heteroatoms. The lowest BCUT2D eigenvalue weighted by atomic mass is 10.0. The van der Waals surface area contributed by atoms with E-state index in [1.807, 2.05) is 6.92 Å². The summed E-state index contributed by atoms with van der Waals surface area (Å²) in [5.74, 6) is -0.776. The minimum atomic E-state index is -4.68. The highest BCUT2D eigenvalue weighted by Crippen LogP contribution is 2.34. The smallest absolute Gasteiger partial charge is 0.422 e. The van der Waals surface area contributed by atoms with Gasteiger partial charge in [-0.25, -0.2) is 4.98 Å². The predicted molar refractivity (Wildman–Crippen MR) is 110 cm³/mol. The lowest BCUT2D eigenvalue weighted by Crippen LogP contribution is -2.19. The first-order chi connectivity index (χ1) is 16.2. The van der Waals surface area contributed by atoms with E-state index in [-0.39, 0.29) is 30.1 Å². The molecule has 3 aromatic rings. The normalized spacial score (nSPS) is 11.5. The van der Waals surface area contributed by atoms with Crippen LogP contribution in [-0.2, 0) is 6.42 Å². The number of ether oxygens (including phenoxy) is 3. The molecule has 0 fully saturated rings. The molecule has 34 heavy (non-hydrogen) atoms. The monoisotopic (exact) mass is 485 g/mol. The second-order valence-electron chi connectivity index (χ2n) is 6.94. The Morgan fingerprint density at radius 2 is 1.82 bits per heavy atom. The van der Waals surface area contributed by atoms with Gasteiger partial charge in [0.1, 0.15) is 12.0 Å². The van der Waals surface area contributed by atoms with E-state index in [0.717, 1.165) is 12.1 Å². The van der Waals surface area contributed by atoms with Crippen LogP contribution < -0.4 is 14.2 Å². The predicted octanol–water partition coefficient (Wildman–Crippen LogP) is 6.10. The van der Waals surface area contributed by atoms with Gasteiger partial charge in [-0.2, -0.15) is 22.0 Å². The lowest BCUT2D eigenvalue weighted by Gasteiger charge is -2.14. The van der Waals surface area contributed by atoms with Crippen molar-refractivity contribution in [2.24, 2.45) is 0 Å².